The van der Waals surface area contributed by atoms with Crippen LogP contribution in [0.1, 0.15) is 79.6 Å². The molecule has 0 amide bonds. The number of hydrogen-bond donors (Lipinski definition) is 4. The van der Waals surface area contributed by atoms with Crippen LogP contribution in [0, 0.1) is 17.8 Å². The Morgan fingerprint density at radius 1 is 1.00 bits per heavy atom. The van der Waals surface area contributed by atoms with Gasteiger partial charge < -0.3 is 29.9 Å². The van der Waals surface area contributed by atoms with Crippen LogP contribution in [0.15, 0.2) is 47.6 Å². The highest BCUT2D eigenvalue weighted by Crippen LogP contribution is 2.32. The molecular formula is C32H50O8. The lowest BCUT2D eigenvalue weighted by molar-refractivity contribution is -0.149. The highest BCUT2D eigenvalue weighted by atomic mass is 16.7. The summed E-state index contributed by atoms with van der Waals surface area (Å²) in [7, 11) is 0. The van der Waals surface area contributed by atoms with Gasteiger partial charge in [0.1, 0.15) is 18.3 Å². The van der Waals surface area contributed by atoms with Crippen LogP contribution in [0.25, 0.3) is 0 Å². The summed E-state index contributed by atoms with van der Waals surface area (Å²) in [6.07, 6.45) is 6.52. The average Bonchev–Trinajstić information content (AvgIpc) is 3.62. The van der Waals surface area contributed by atoms with Gasteiger partial charge in [-0.15, -0.1) is 0 Å². The third kappa shape index (κ3) is 11.4. The molecule has 9 atom stereocenters. The summed E-state index contributed by atoms with van der Waals surface area (Å²) in [5, 5.41) is 41.3. The van der Waals surface area contributed by atoms with E-state index in [4.69, 9.17) is 9.47 Å². The Bertz CT molecular complexity index is 951. The Kier molecular flexibility index (Phi) is 14.0. The molecule has 2 aliphatic rings. The van der Waals surface area contributed by atoms with Gasteiger partial charge >= 0.3 is 5.97 Å². The molecule has 8 heteroatoms. The SMILES string of the molecule is [13CH2]=C1/[13CH]=[13C](\[13CH3])[13CH]([13CH3])C[13CH](O)C[13C](=O)[13CH](O)[13CH](O)C([13CH3])[13CH2]C([13CH2]O)O[13C](=O)/[13C]([13CH3])=C/[13CH2]C/[13CH]=C/[13CH]2OC2[13CH2]C([13CH3])[13CH2]1. The number of hydrogen-bond acceptors (Lipinski definition) is 8. The highest BCUT2D eigenvalue weighted by Gasteiger charge is 2.37. The van der Waals surface area contributed by atoms with E-state index in [0.717, 1.165) is 30.4 Å². The van der Waals surface area contributed by atoms with Crippen LogP contribution in [0.2, 0.25) is 0 Å². The number of rotatable bonds is 1. The summed E-state index contributed by atoms with van der Waals surface area (Å²) in [6.45, 7) is 13.1. The second-order valence-corrected chi connectivity index (χ2v) is 11.9. The van der Waals surface area contributed by atoms with Gasteiger partial charge in [0.25, 0.3) is 0 Å². The fourth-order valence-electron chi connectivity index (χ4n) is 5.17. The van der Waals surface area contributed by atoms with Gasteiger partial charge in [0.05, 0.1) is 24.9 Å². The second kappa shape index (κ2) is 16.4. The number of allylic oxidation sites excluding steroid dienone is 5. The van der Waals surface area contributed by atoms with Gasteiger partial charge in [-0.25, -0.2) is 4.79 Å². The molecule has 0 aromatic carbocycles. The van der Waals surface area contributed by atoms with E-state index >= 15 is 0 Å². The molecular weight excluding hydrogens is 534 g/mol. The minimum atomic E-state index is -1.70. The van der Waals surface area contributed by atoms with Crippen LogP contribution >= 0.6 is 0 Å². The molecule has 40 heavy (non-hydrogen) atoms. The monoisotopic (exact) mass is 584 g/mol. The highest BCUT2D eigenvalue weighted by molar-refractivity contribution is 5.87. The zero-order chi connectivity index (χ0) is 30.0. The summed E-state index contributed by atoms with van der Waals surface area (Å²) < 4.78 is 11.2. The third-order valence-corrected chi connectivity index (χ3v) is 7.92. The molecule has 2 heterocycles. The molecule has 9 unspecified atom stereocenters. The van der Waals surface area contributed by atoms with E-state index in [1.165, 1.54) is 0 Å². The number of esters is 1. The van der Waals surface area contributed by atoms with Crippen molar-refractivity contribution >= 4 is 11.8 Å². The Labute approximate surface area is 239 Å². The van der Waals surface area contributed by atoms with Gasteiger partial charge in [-0.05, 0) is 70.1 Å². The van der Waals surface area contributed by atoms with Crippen LogP contribution in [0.3, 0.4) is 0 Å². The molecule has 226 valence electrons. The standard InChI is InChI=1S/C32H50O8/c1-19-12-20(2)14-29-28(40-29)11-9-7-8-10-21(3)32(38)39-26(18-33)16-24(6)30(36)31(37)27(35)17-25(34)15-23(5)22(4)13-19/h9-11,13,20,23-26,28-31,33-34,36-37H,1,7-8,12,14-18H2,2-6H3/b11-9+,21-10+,22-13+/i1+1,2+1,3+1,4+1,5+1,6+1,8+1,9+1,12+1,13+1,14+1,16+1,18+1,21+1,22+1,23+1,25+1,27+1,28+1,30+1,31+1,32+1. The van der Waals surface area contributed by atoms with E-state index in [1.807, 2.05) is 19.9 Å². The summed E-state index contributed by atoms with van der Waals surface area (Å²) in [4.78, 5) is 25.1. The van der Waals surface area contributed by atoms with Crippen LogP contribution in [-0.4, -0.2) is 75.4 Å². The first-order valence-corrected chi connectivity index (χ1v) is 14.6. The first-order chi connectivity index (χ1) is 18.8. The van der Waals surface area contributed by atoms with Crippen molar-refractivity contribution in [2.24, 2.45) is 17.8 Å². The van der Waals surface area contributed by atoms with Gasteiger partial charge in [0.2, 0.25) is 0 Å². The number of ketones is 1. The fraction of sp³-hybridized carbons (Fsp3) is 0.688. The van der Waals surface area contributed by atoms with E-state index in [0.29, 0.717) is 24.3 Å². The van der Waals surface area contributed by atoms with E-state index in [9.17, 15) is 30.0 Å². The van der Waals surface area contributed by atoms with E-state index in [-0.39, 0.29) is 31.0 Å². The van der Waals surface area contributed by atoms with E-state index in [1.54, 1.807) is 19.9 Å². The Morgan fingerprint density at radius 2 is 1.70 bits per heavy atom. The minimum absolute atomic E-state index is 0.00630. The molecule has 0 aliphatic carbocycles. The molecule has 1 fully saturated rings. The number of ether oxygens (including phenoxy) is 2. The number of aliphatic hydroxyl groups is 4. The fourth-order valence-corrected chi connectivity index (χ4v) is 5.17. The second-order valence-electron chi connectivity index (χ2n) is 11.9. The Balaban J connectivity index is 2.13. The maximum absolute atomic E-state index is 12.6. The van der Waals surface area contributed by atoms with Gasteiger partial charge in [-0.3, -0.25) is 4.79 Å². The van der Waals surface area contributed by atoms with Crippen molar-refractivity contribution in [2.45, 2.75) is 116 Å². The topological polar surface area (TPSA) is 137 Å². The Hall–Kier alpha value is -2.10. The predicted octanol–water partition coefficient (Wildman–Crippen LogP) is 3.97. The molecule has 0 bridgehead atoms. The third-order valence-electron chi connectivity index (χ3n) is 7.92. The number of Topliss-reactive ketones (excluding diaryl/α,β-unsaturated/α-hetero) is 1. The number of aliphatic hydroxyl groups excluding tert-OH is 4. The quantitative estimate of drug-likeness (QED) is 0.157. The van der Waals surface area contributed by atoms with Crippen molar-refractivity contribution < 1.29 is 39.5 Å². The lowest BCUT2D eigenvalue weighted by Gasteiger charge is -2.27. The van der Waals surface area contributed by atoms with Crippen LogP contribution < -0.4 is 0 Å². The van der Waals surface area contributed by atoms with Crippen molar-refractivity contribution in [1.82, 2.24) is 0 Å². The zero-order valence-corrected chi connectivity index (χ0v) is 24.8. The summed E-state index contributed by atoms with van der Waals surface area (Å²) in [5.74, 6) is -1.49. The maximum atomic E-state index is 12.6. The number of carbonyl (C=O) groups is 2. The van der Waals surface area contributed by atoms with Gasteiger partial charge in [-0.2, -0.15) is 0 Å². The molecule has 0 aromatic heterocycles. The van der Waals surface area contributed by atoms with Gasteiger partial charge in [0.15, 0.2) is 5.78 Å². The number of cyclic esters (lactones) is 1. The van der Waals surface area contributed by atoms with Gasteiger partial charge in [0, 0.05) is 12.0 Å². The van der Waals surface area contributed by atoms with Crippen molar-refractivity contribution in [2.75, 3.05) is 6.61 Å². The smallest absolute Gasteiger partial charge is 0.333 e. The molecule has 0 spiro atoms. The summed E-state index contributed by atoms with van der Waals surface area (Å²) in [6, 6.07) is 0. The molecule has 1 saturated heterocycles. The van der Waals surface area contributed by atoms with Crippen LogP contribution in [0.4, 0.5) is 0 Å². The molecule has 4 N–H and O–H groups in total. The lowest BCUT2D eigenvalue weighted by Crippen LogP contribution is -2.41. The normalized spacial score (nSPS) is 40.1. The largest absolute Gasteiger partial charge is 0.457 e. The van der Waals surface area contributed by atoms with Crippen molar-refractivity contribution in [3.8, 4) is 0 Å². The van der Waals surface area contributed by atoms with Crippen molar-refractivity contribution in [3.05, 3.63) is 47.6 Å². The molecule has 0 aromatic rings. The minimum Gasteiger partial charge on any atom is -0.457 e. The molecule has 0 saturated carbocycles. The van der Waals surface area contributed by atoms with Crippen LogP contribution in [-0.2, 0) is 19.1 Å². The van der Waals surface area contributed by atoms with E-state index in [2.05, 4.69) is 25.7 Å². The molecule has 2 rings (SSSR count). The first kappa shape index (κ1) is 34.1. The van der Waals surface area contributed by atoms with Crippen molar-refractivity contribution in [3.63, 3.8) is 0 Å². The summed E-state index contributed by atoms with van der Waals surface area (Å²) in [5.41, 5.74) is 2.47. The van der Waals surface area contributed by atoms with E-state index < -0.39 is 48.7 Å². The molecule has 8 nitrogen and oxygen atoms in total. The van der Waals surface area contributed by atoms with Crippen LogP contribution in [0.5, 0.6) is 0 Å². The molecule has 0 radical (unpaired) electrons. The van der Waals surface area contributed by atoms with Crippen molar-refractivity contribution in [1.29, 1.82) is 0 Å². The maximum Gasteiger partial charge on any atom is 0.333 e. The summed E-state index contributed by atoms with van der Waals surface area (Å²) >= 11 is 0. The number of carbonyl (C=O) groups excluding carboxylic acids is 2. The number of fused-ring (bicyclic) bond motifs is 1. The first-order valence-electron chi connectivity index (χ1n) is 14.6. The lowest BCUT2D eigenvalue weighted by atomic mass is 10.4. The molecule has 2 aliphatic heterocycles. The average molecular weight is 585 g/mol. The number of epoxide rings is 1. The van der Waals surface area contributed by atoms with Gasteiger partial charge in [-0.1, -0.05) is 62.8 Å². The zero-order valence-electron chi connectivity index (χ0n) is 24.8. The predicted molar refractivity (Wildman–Crippen MR) is 154 cm³/mol. The Morgan fingerprint density at radius 3 is 2.38 bits per heavy atom.